The number of nitrogens with one attached hydrogen (secondary N) is 2. The lowest BCUT2D eigenvalue weighted by Gasteiger charge is -2.15. The molecule has 0 bridgehead atoms. The topological polar surface area (TPSA) is 103 Å². The summed E-state index contributed by atoms with van der Waals surface area (Å²) in [6, 6.07) is 7.74. The number of anilines is 2. The van der Waals surface area contributed by atoms with E-state index in [4.69, 9.17) is 25.8 Å². The van der Waals surface area contributed by atoms with Crippen LogP contribution in [0.5, 0.6) is 17.2 Å². The maximum Gasteiger partial charge on any atom is 0.243 e. The minimum absolute atomic E-state index is 0.0645. The highest BCUT2D eigenvalue weighted by Crippen LogP contribution is 2.35. The van der Waals surface area contributed by atoms with Gasteiger partial charge in [0, 0.05) is 23.0 Å². The Bertz CT molecular complexity index is 978. The Morgan fingerprint density at radius 3 is 2.29 bits per heavy atom. The molecule has 2 aromatic rings. The molecule has 152 valence electrons. The van der Waals surface area contributed by atoms with Gasteiger partial charge >= 0.3 is 0 Å². The monoisotopic (exact) mass is 428 g/mol. The smallest absolute Gasteiger partial charge is 0.243 e. The van der Waals surface area contributed by atoms with Crippen molar-refractivity contribution < 1.29 is 27.4 Å². The van der Waals surface area contributed by atoms with Gasteiger partial charge in [0.1, 0.15) is 4.90 Å². The summed E-state index contributed by atoms with van der Waals surface area (Å²) >= 11 is 6.01. The maximum absolute atomic E-state index is 12.3. The van der Waals surface area contributed by atoms with Crippen molar-refractivity contribution in [1.29, 1.82) is 0 Å². The van der Waals surface area contributed by atoms with Gasteiger partial charge in [0.05, 0.1) is 33.6 Å². The van der Waals surface area contributed by atoms with Crippen molar-refractivity contribution in [3.05, 3.63) is 35.4 Å². The summed E-state index contributed by atoms with van der Waals surface area (Å²) in [5, 5.41) is 5.75. The van der Waals surface area contributed by atoms with Crippen LogP contribution in [0.4, 0.5) is 11.4 Å². The fourth-order valence-electron chi connectivity index (χ4n) is 2.48. The van der Waals surface area contributed by atoms with Crippen LogP contribution in [-0.4, -0.2) is 48.5 Å². The lowest BCUT2D eigenvalue weighted by Crippen LogP contribution is -2.22. The van der Waals surface area contributed by atoms with Crippen LogP contribution in [0.1, 0.15) is 0 Å². The second kappa shape index (κ2) is 9.03. The zero-order chi connectivity index (χ0) is 20.9. The van der Waals surface area contributed by atoms with Crippen LogP contribution < -0.4 is 24.8 Å². The molecule has 0 heterocycles. The number of carbonyl (C=O) groups excluding carboxylic acids is 1. The molecule has 8 nitrogen and oxygen atoms in total. The lowest BCUT2D eigenvalue weighted by atomic mass is 10.2. The standard InChI is InChI=1S/C18H21ClN2O6S/c1-25-14-6-5-12(9-15(14)26-2)21-17(22)10-20-13-7-11(19)8-16(18(13)27-3)28(4,23)24/h5-9,20H,10H2,1-4H3,(H,21,22). The molecule has 2 N–H and O–H groups in total. The molecule has 0 aliphatic carbocycles. The second-order valence-corrected chi connectivity index (χ2v) is 8.15. The van der Waals surface area contributed by atoms with Crippen LogP contribution in [0.25, 0.3) is 0 Å². The minimum Gasteiger partial charge on any atom is -0.493 e. The molecule has 2 rings (SSSR count). The highest BCUT2D eigenvalue weighted by Gasteiger charge is 2.19. The molecule has 2 aromatic carbocycles. The Labute approximate surface area is 168 Å². The molecule has 0 saturated heterocycles. The molecule has 0 atom stereocenters. The van der Waals surface area contributed by atoms with E-state index < -0.39 is 9.84 Å². The van der Waals surface area contributed by atoms with Crippen molar-refractivity contribution in [2.24, 2.45) is 0 Å². The van der Waals surface area contributed by atoms with Gasteiger partial charge < -0.3 is 24.8 Å². The molecule has 0 unspecified atom stereocenters. The van der Waals surface area contributed by atoms with Gasteiger partial charge in [0.15, 0.2) is 27.1 Å². The van der Waals surface area contributed by atoms with Crippen LogP contribution in [0.15, 0.2) is 35.2 Å². The van der Waals surface area contributed by atoms with E-state index in [1.165, 1.54) is 33.5 Å². The summed E-state index contributed by atoms with van der Waals surface area (Å²) in [5.74, 6) is 0.735. The first-order chi connectivity index (χ1) is 13.2. The summed E-state index contributed by atoms with van der Waals surface area (Å²) in [5.41, 5.74) is 0.803. The van der Waals surface area contributed by atoms with Gasteiger partial charge in [-0.3, -0.25) is 4.79 Å². The summed E-state index contributed by atoms with van der Waals surface area (Å²) in [6.45, 7) is -0.145. The third kappa shape index (κ3) is 5.20. The van der Waals surface area contributed by atoms with E-state index in [0.717, 1.165) is 6.26 Å². The van der Waals surface area contributed by atoms with Gasteiger partial charge in [0.2, 0.25) is 5.91 Å². The Hall–Kier alpha value is -2.65. The SMILES string of the molecule is COc1ccc(NC(=O)CNc2cc(Cl)cc(S(C)(=O)=O)c2OC)cc1OC. The van der Waals surface area contributed by atoms with Gasteiger partial charge in [-0.15, -0.1) is 0 Å². The molecule has 0 saturated carbocycles. The number of carbonyl (C=O) groups is 1. The van der Waals surface area contributed by atoms with Crippen molar-refractivity contribution >= 4 is 38.7 Å². The Balaban J connectivity index is 2.16. The van der Waals surface area contributed by atoms with Crippen molar-refractivity contribution in [3.8, 4) is 17.2 Å². The highest BCUT2D eigenvalue weighted by molar-refractivity contribution is 7.90. The van der Waals surface area contributed by atoms with E-state index in [1.54, 1.807) is 18.2 Å². The summed E-state index contributed by atoms with van der Waals surface area (Å²) in [4.78, 5) is 12.2. The number of methoxy groups -OCH3 is 3. The zero-order valence-corrected chi connectivity index (χ0v) is 17.4. The number of hydrogen-bond donors (Lipinski definition) is 2. The first-order valence-electron chi connectivity index (χ1n) is 8.03. The van der Waals surface area contributed by atoms with E-state index in [0.29, 0.717) is 17.2 Å². The van der Waals surface area contributed by atoms with E-state index in [2.05, 4.69) is 10.6 Å². The molecule has 0 fully saturated rings. The average molecular weight is 429 g/mol. The molecule has 0 aromatic heterocycles. The van der Waals surface area contributed by atoms with Crippen molar-refractivity contribution in [2.45, 2.75) is 4.90 Å². The molecular formula is C18H21ClN2O6S. The number of ether oxygens (including phenoxy) is 3. The third-order valence-corrected chi connectivity index (χ3v) is 5.05. The number of sulfone groups is 1. The quantitative estimate of drug-likeness (QED) is 0.666. The minimum atomic E-state index is -3.57. The average Bonchev–Trinajstić information content (AvgIpc) is 2.65. The van der Waals surface area contributed by atoms with Crippen molar-refractivity contribution in [2.75, 3.05) is 44.8 Å². The van der Waals surface area contributed by atoms with E-state index in [-0.39, 0.29) is 33.8 Å². The summed E-state index contributed by atoms with van der Waals surface area (Å²) in [7, 11) is 0.785. The Morgan fingerprint density at radius 1 is 1.04 bits per heavy atom. The summed E-state index contributed by atoms with van der Waals surface area (Å²) < 4.78 is 39.4. The molecular weight excluding hydrogens is 408 g/mol. The molecule has 0 aliphatic rings. The number of hydrogen-bond acceptors (Lipinski definition) is 7. The Kier molecular flexibility index (Phi) is 6.98. The Morgan fingerprint density at radius 2 is 1.71 bits per heavy atom. The van der Waals surface area contributed by atoms with Gasteiger partial charge in [-0.1, -0.05) is 11.6 Å². The fourth-order valence-corrected chi connectivity index (χ4v) is 3.63. The van der Waals surface area contributed by atoms with Gasteiger partial charge in [-0.05, 0) is 24.3 Å². The molecule has 28 heavy (non-hydrogen) atoms. The highest BCUT2D eigenvalue weighted by atomic mass is 35.5. The fraction of sp³-hybridized carbons (Fsp3) is 0.278. The van der Waals surface area contributed by atoms with Crippen LogP contribution in [-0.2, 0) is 14.6 Å². The van der Waals surface area contributed by atoms with Crippen LogP contribution in [0.3, 0.4) is 0 Å². The molecule has 0 spiro atoms. The van der Waals surface area contributed by atoms with E-state index in [9.17, 15) is 13.2 Å². The normalized spacial score (nSPS) is 10.9. The molecule has 0 aliphatic heterocycles. The van der Waals surface area contributed by atoms with Crippen molar-refractivity contribution in [3.63, 3.8) is 0 Å². The lowest BCUT2D eigenvalue weighted by molar-refractivity contribution is -0.114. The van der Waals surface area contributed by atoms with Gasteiger partial charge in [-0.25, -0.2) is 8.42 Å². The van der Waals surface area contributed by atoms with Gasteiger partial charge in [0.25, 0.3) is 0 Å². The first kappa shape index (κ1) is 21.6. The van der Waals surface area contributed by atoms with Gasteiger partial charge in [-0.2, -0.15) is 0 Å². The molecule has 0 radical (unpaired) electrons. The largest absolute Gasteiger partial charge is 0.493 e. The van der Waals surface area contributed by atoms with Crippen molar-refractivity contribution in [1.82, 2.24) is 0 Å². The van der Waals surface area contributed by atoms with Crippen LogP contribution >= 0.6 is 11.6 Å². The number of halogens is 1. The maximum atomic E-state index is 12.3. The first-order valence-corrected chi connectivity index (χ1v) is 10.3. The van der Waals surface area contributed by atoms with E-state index in [1.807, 2.05) is 0 Å². The predicted molar refractivity (Wildman–Crippen MR) is 108 cm³/mol. The number of rotatable bonds is 8. The zero-order valence-electron chi connectivity index (χ0n) is 15.8. The number of benzene rings is 2. The van der Waals surface area contributed by atoms with Crippen LogP contribution in [0, 0.1) is 0 Å². The third-order valence-electron chi connectivity index (χ3n) is 3.73. The van der Waals surface area contributed by atoms with Crippen LogP contribution in [0.2, 0.25) is 5.02 Å². The molecule has 1 amide bonds. The molecule has 10 heteroatoms. The predicted octanol–water partition coefficient (Wildman–Crippen LogP) is 2.82. The van der Waals surface area contributed by atoms with E-state index >= 15 is 0 Å². The summed E-state index contributed by atoms with van der Waals surface area (Å²) in [6.07, 6.45) is 1.05. The second-order valence-electron chi connectivity index (χ2n) is 5.73. The number of amides is 1.